The zero-order valence-electron chi connectivity index (χ0n) is 12.8. The summed E-state index contributed by atoms with van der Waals surface area (Å²) in [6.07, 6.45) is 4.59. The molecule has 3 heteroatoms. The van der Waals surface area contributed by atoms with Crippen LogP contribution in [0.1, 0.15) is 25.2 Å². The lowest BCUT2D eigenvalue weighted by atomic mass is 10.1. The summed E-state index contributed by atoms with van der Waals surface area (Å²) in [4.78, 5) is 17.8. The Morgan fingerprint density at radius 2 is 1.86 bits per heavy atom. The molecule has 0 amide bonds. The molecule has 3 nitrogen and oxygen atoms in total. The van der Waals surface area contributed by atoms with Gasteiger partial charge in [-0.1, -0.05) is 49.4 Å². The van der Waals surface area contributed by atoms with Crippen LogP contribution in [0.15, 0.2) is 59.4 Å². The third-order valence-corrected chi connectivity index (χ3v) is 3.68. The predicted octanol–water partition coefficient (Wildman–Crippen LogP) is 3.98. The lowest BCUT2D eigenvalue weighted by Gasteiger charge is -2.13. The zero-order valence-corrected chi connectivity index (χ0v) is 12.8. The van der Waals surface area contributed by atoms with Crippen LogP contribution in [-0.4, -0.2) is 9.55 Å². The van der Waals surface area contributed by atoms with E-state index in [1.54, 1.807) is 4.57 Å². The fourth-order valence-corrected chi connectivity index (χ4v) is 2.70. The van der Waals surface area contributed by atoms with E-state index in [1.807, 2.05) is 74.5 Å². The Hall–Kier alpha value is -2.68. The first-order chi connectivity index (χ1) is 10.8. The summed E-state index contributed by atoms with van der Waals surface area (Å²) < 4.78 is 1.72. The van der Waals surface area contributed by atoms with Gasteiger partial charge in [0, 0.05) is 6.42 Å². The molecule has 0 bridgehead atoms. The Balaban J connectivity index is 2.44. The van der Waals surface area contributed by atoms with Crippen LogP contribution in [0.3, 0.4) is 0 Å². The van der Waals surface area contributed by atoms with Crippen LogP contribution in [0.5, 0.6) is 0 Å². The summed E-state index contributed by atoms with van der Waals surface area (Å²) in [6, 6.07) is 15.5. The standard InChI is InChI=1S/C19H18N2O/c1-3-9-14-10-8-13-16-18(14)19(22)21(17(4-2)20-16)15-11-6-5-7-12-15/h3,5-13H,4H2,1-2H3/b9-3+. The van der Waals surface area contributed by atoms with Gasteiger partial charge in [-0.05, 0) is 30.7 Å². The van der Waals surface area contributed by atoms with Crippen molar-refractivity contribution in [2.45, 2.75) is 20.3 Å². The molecular formula is C19H18N2O. The van der Waals surface area contributed by atoms with E-state index in [1.165, 1.54) is 0 Å². The number of fused-ring (bicyclic) bond motifs is 1. The first kappa shape index (κ1) is 14.3. The molecule has 0 N–H and O–H groups in total. The molecular weight excluding hydrogens is 272 g/mol. The maximum atomic E-state index is 13.1. The minimum absolute atomic E-state index is 0.0123. The van der Waals surface area contributed by atoms with Crippen LogP contribution < -0.4 is 5.56 Å². The molecule has 0 spiro atoms. The minimum atomic E-state index is -0.0123. The SMILES string of the molecule is C/C=C/c1cccc2nc(CC)n(-c3ccccc3)c(=O)c12. The molecule has 0 fully saturated rings. The normalized spacial score (nSPS) is 11.4. The van der Waals surface area contributed by atoms with Crippen molar-refractivity contribution in [3.8, 4) is 5.69 Å². The number of rotatable bonds is 3. The highest BCUT2D eigenvalue weighted by Gasteiger charge is 2.13. The Morgan fingerprint density at radius 3 is 2.55 bits per heavy atom. The van der Waals surface area contributed by atoms with Crippen LogP contribution in [-0.2, 0) is 6.42 Å². The van der Waals surface area contributed by atoms with Crippen molar-refractivity contribution >= 4 is 17.0 Å². The Morgan fingerprint density at radius 1 is 1.09 bits per heavy atom. The third-order valence-electron chi connectivity index (χ3n) is 3.68. The molecule has 0 aliphatic carbocycles. The predicted molar refractivity (Wildman–Crippen MR) is 91.4 cm³/mol. The molecule has 1 heterocycles. The van der Waals surface area contributed by atoms with Gasteiger partial charge < -0.3 is 0 Å². The molecule has 3 rings (SSSR count). The lowest BCUT2D eigenvalue weighted by molar-refractivity contribution is 0.833. The van der Waals surface area contributed by atoms with Gasteiger partial charge in [-0.15, -0.1) is 0 Å². The van der Waals surface area contributed by atoms with E-state index in [9.17, 15) is 4.79 Å². The molecule has 0 aliphatic rings. The van der Waals surface area contributed by atoms with Crippen LogP contribution in [0.25, 0.3) is 22.7 Å². The monoisotopic (exact) mass is 290 g/mol. The number of hydrogen-bond acceptors (Lipinski definition) is 2. The fourth-order valence-electron chi connectivity index (χ4n) is 2.70. The van der Waals surface area contributed by atoms with Gasteiger partial charge in [0.15, 0.2) is 0 Å². The highest BCUT2D eigenvalue weighted by Crippen LogP contribution is 2.18. The summed E-state index contributed by atoms with van der Waals surface area (Å²) in [5.74, 6) is 0.779. The first-order valence-electron chi connectivity index (χ1n) is 7.49. The second-order valence-corrected chi connectivity index (χ2v) is 5.10. The summed E-state index contributed by atoms with van der Waals surface area (Å²) in [7, 11) is 0. The first-order valence-corrected chi connectivity index (χ1v) is 7.49. The van der Waals surface area contributed by atoms with Gasteiger partial charge in [-0.3, -0.25) is 9.36 Å². The molecule has 0 atom stereocenters. The quantitative estimate of drug-likeness (QED) is 0.731. The van der Waals surface area contributed by atoms with E-state index >= 15 is 0 Å². The van der Waals surface area contributed by atoms with E-state index in [-0.39, 0.29) is 5.56 Å². The lowest BCUT2D eigenvalue weighted by Crippen LogP contribution is -2.24. The molecule has 1 aromatic heterocycles. The summed E-state index contributed by atoms with van der Waals surface area (Å²) in [5.41, 5.74) is 2.50. The Bertz CT molecular complexity index is 892. The van der Waals surface area contributed by atoms with Gasteiger partial charge in [-0.2, -0.15) is 0 Å². The number of benzene rings is 2. The molecule has 0 saturated carbocycles. The molecule has 3 aromatic rings. The Labute approximate surface area is 129 Å². The van der Waals surface area contributed by atoms with Crippen molar-refractivity contribution in [3.63, 3.8) is 0 Å². The van der Waals surface area contributed by atoms with Gasteiger partial charge >= 0.3 is 0 Å². The van der Waals surface area contributed by atoms with Crippen LogP contribution in [0, 0.1) is 0 Å². The van der Waals surface area contributed by atoms with Crippen molar-refractivity contribution in [1.29, 1.82) is 0 Å². The van der Waals surface area contributed by atoms with Crippen molar-refractivity contribution < 1.29 is 0 Å². The fraction of sp³-hybridized carbons (Fsp3) is 0.158. The van der Waals surface area contributed by atoms with Gasteiger partial charge in [-0.25, -0.2) is 4.98 Å². The maximum Gasteiger partial charge on any atom is 0.266 e. The average molecular weight is 290 g/mol. The summed E-state index contributed by atoms with van der Waals surface area (Å²) in [6.45, 7) is 3.96. The highest BCUT2D eigenvalue weighted by molar-refractivity contribution is 5.87. The maximum absolute atomic E-state index is 13.1. The number of aromatic nitrogens is 2. The zero-order chi connectivity index (χ0) is 15.5. The minimum Gasteiger partial charge on any atom is -0.268 e. The van der Waals surface area contributed by atoms with Crippen LogP contribution in [0.2, 0.25) is 0 Å². The van der Waals surface area contributed by atoms with Crippen molar-refractivity contribution in [1.82, 2.24) is 9.55 Å². The summed E-state index contributed by atoms with van der Waals surface area (Å²) >= 11 is 0. The van der Waals surface area contributed by atoms with Crippen molar-refractivity contribution in [2.75, 3.05) is 0 Å². The van der Waals surface area contributed by atoms with Crippen molar-refractivity contribution in [3.05, 3.63) is 76.3 Å². The van der Waals surface area contributed by atoms with E-state index < -0.39 is 0 Å². The highest BCUT2D eigenvalue weighted by atomic mass is 16.1. The number of para-hydroxylation sites is 1. The largest absolute Gasteiger partial charge is 0.268 e. The third kappa shape index (κ3) is 2.35. The average Bonchev–Trinajstić information content (AvgIpc) is 2.55. The van der Waals surface area contributed by atoms with Crippen LogP contribution >= 0.6 is 0 Å². The van der Waals surface area contributed by atoms with E-state index in [2.05, 4.69) is 0 Å². The second kappa shape index (κ2) is 5.98. The van der Waals surface area contributed by atoms with Gasteiger partial charge in [0.25, 0.3) is 5.56 Å². The number of nitrogens with zero attached hydrogens (tertiary/aromatic N) is 2. The van der Waals surface area contributed by atoms with E-state index in [4.69, 9.17) is 4.98 Å². The molecule has 0 radical (unpaired) electrons. The van der Waals surface area contributed by atoms with Gasteiger partial charge in [0.1, 0.15) is 5.82 Å². The molecule has 22 heavy (non-hydrogen) atoms. The Kier molecular flexibility index (Phi) is 3.88. The topological polar surface area (TPSA) is 34.9 Å². The van der Waals surface area contributed by atoms with Crippen molar-refractivity contribution in [2.24, 2.45) is 0 Å². The summed E-state index contributed by atoms with van der Waals surface area (Å²) in [5, 5.41) is 0.668. The smallest absolute Gasteiger partial charge is 0.266 e. The second-order valence-electron chi connectivity index (χ2n) is 5.10. The van der Waals surface area contributed by atoms with Gasteiger partial charge in [0.05, 0.1) is 16.6 Å². The molecule has 0 saturated heterocycles. The van der Waals surface area contributed by atoms with E-state index in [0.29, 0.717) is 11.8 Å². The van der Waals surface area contributed by atoms with Crippen LogP contribution in [0.4, 0.5) is 0 Å². The number of hydrogen-bond donors (Lipinski definition) is 0. The molecule has 0 aliphatic heterocycles. The number of allylic oxidation sites excluding steroid dienone is 1. The molecule has 0 unspecified atom stereocenters. The van der Waals surface area contributed by atoms with E-state index in [0.717, 1.165) is 22.6 Å². The van der Waals surface area contributed by atoms with Gasteiger partial charge in [0.2, 0.25) is 0 Å². The molecule has 110 valence electrons. The number of aryl methyl sites for hydroxylation is 1. The molecule has 2 aromatic carbocycles.